The molecule has 0 unspecified atom stereocenters. The highest BCUT2D eigenvalue weighted by atomic mass is 16.5. The van der Waals surface area contributed by atoms with E-state index in [9.17, 15) is 9.59 Å². The number of aryl methyl sites for hydroxylation is 1. The number of aromatic nitrogens is 2. The highest BCUT2D eigenvalue weighted by Crippen LogP contribution is 2.20. The molecular formula is C21H23N3O3. The second kappa shape index (κ2) is 7.53. The second-order valence-electron chi connectivity index (χ2n) is 6.30. The molecule has 0 aliphatic carbocycles. The SMILES string of the molecule is CCOc1ccc(C(=O)Nc2c(C)n(C)n(-c3ccccc3)c2=O)cc1C. The predicted molar refractivity (Wildman–Crippen MR) is 106 cm³/mol. The zero-order valence-corrected chi connectivity index (χ0v) is 15.9. The van der Waals surface area contributed by atoms with Gasteiger partial charge in [0.25, 0.3) is 11.5 Å². The molecule has 140 valence electrons. The number of hydrogen-bond acceptors (Lipinski definition) is 3. The molecule has 0 saturated carbocycles. The molecular weight excluding hydrogens is 342 g/mol. The van der Waals surface area contributed by atoms with Crippen LogP contribution in [0.5, 0.6) is 5.75 Å². The Balaban J connectivity index is 1.93. The highest BCUT2D eigenvalue weighted by molar-refractivity contribution is 6.04. The molecule has 1 aromatic heterocycles. The summed E-state index contributed by atoms with van der Waals surface area (Å²) in [5.41, 5.74) is 2.78. The van der Waals surface area contributed by atoms with Gasteiger partial charge in [0.05, 0.1) is 18.0 Å². The Morgan fingerprint density at radius 1 is 1.11 bits per heavy atom. The normalized spacial score (nSPS) is 10.7. The van der Waals surface area contributed by atoms with E-state index in [4.69, 9.17) is 4.74 Å². The monoisotopic (exact) mass is 365 g/mol. The maximum absolute atomic E-state index is 12.9. The van der Waals surface area contributed by atoms with E-state index < -0.39 is 0 Å². The number of rotatable bonds is 5. The van der Waals surface area contributed by atoms with Crippen LogP contribution in [0.3, 0.4) is 0 Å². The van der Waals surface area contributed by atoms with Gasteiger partial charge in [0.1, 0.15) is 11.4 Å². The Bertz CT molecular complexity index is 1030. The quantitative estimate of drug-likeness (QED) is 0.753. The number of carbonyl (C=O) groups excluding carboxylic acids is 1. The summed E-state index contributed by atoms with van der Waals surface area (Å²) in [6.45, 7) is 6.17. The number of amides is 1. The summed E-state index contributed by atoms with van der Waals surface area (Å²) in [5, 5.41) is 2.77. The van der Waals surface area contributed by atoms with Crippen molar-refractivity contribution in [3.05, 3.63) is 75.7 Å². The van der Waals surface area contributed by atoms with E-state index in [-0.39, 0.29) is 17.2 Å². The van der Waals surface area contributed by atoms with E-state index in [1.165, 1.54) is 4.68 Å². The van der Waals surface area contributed by atoms with Crippen molar-refractivity contribution in [2.24, 2.45) is 7.05 Å². The van der Waals surface area contributed by atoms with Crippen LogP contribution in [0.2, 0.25) is 0 Å². The van der Waals surface area contributed by atoms with Gasteiger partial charge >= 0.3 is 0 Å². The minimum Gasteiger partial charge on any atom is -0.494 e. The molecule has 6 heteroatoms. The van der Waals surface area contributed by atoms with Crippen molar-refractivity contribution in [2.45, 2.75) is 20.8 Å². The van der Waals surface area contributed by atoms with Gasteiger partial charge in [-0.1, -0.05) is 18.2 Å². The van der Waals surface area contributed by atoms with Gasteiger partial charge in [0.2, 0.25) is 0 Å². The van der Waals surface area contributed by atoms with Gasteiger partial charge in [-0.3, -0.25) is 14.3 Å². The summed E-state index contributed by atoms with van der Waals surface area (Å²) in [5.74, 6) is 0.420. The number of benzene rings is 2. The van der Waals surface area contributed by atoms with Crippen molar-refractivity contribution in [1.29, 1.82) is 0 Å². The van der Waals surface area contributed by atoms with E-state index in [0.29, 0.717) is 17.9 Å². The van der Waals surface area contributed by atoms with Gasteiger partial charge in [-0.05, 0) is 56.7 Å². The van der Waals surface area contributed by atoms with Crippen molar-refractivity contribution in [2.75, 3.05) is 11.9 Å². The number of ether oxygens (including phenoxy) is 1. The van der Waals surface area contributed by atoms with Gasteiger partial charge in [0.15, 0.2) is 0 Å². The Hall–Kier alpha value is -3.28. The van der Waals surface area contributed by atoms with E-state index in [1.807, 2.05) is 44.2 Å². The van der Waals surface area contributed by atoms with Crippen LogP contribution in [0.1, 0.15) is 28.5 Å². The summed E-state index contributed by atoms with van der Waals surface area (Å²) < 4.78 is 8.78. The van der Waals surface area contributed by atoms with Gasteiger partial charge in [-0.2, -0.15) is 0 Å². The third kappa shape index (κ3) is 3.51. The molecule has 0 aliphatic heterocycles. The Labute approximate surface area is 158 Å². The molecule has 0 atom stereocenters. The summed E-state index contributed by atoms with van der Waals surface area (Å²) in [7, 11) is 1.79. The third-order valence-corrected chi connectivity index (χ3v) is 4.53. The Morgan fingerprint density at radius 3 is 2.44 bits per heavy atom. The summed E-state index contributed by atoms with van der Waals surface area (Å²) in [6.07, 6.45) is 0. The topological polar surface area (TPSA) is 65.3 Å². The van der Waals surface area contributed by atoms with Crippen LogP contribution in [0.25, 0.3) is 5.69 Å². The third-order valence-electron chi connectivity index (χ3n) is 4.53. The second-order valence-corrected chi connectivity index (χ2v) is 6.30. The van der Waals surface area contributed by atoms with Crippen molar-refractivity contribution >= 4 is 11.6 Å². The number of para-hydroxylation sites is 1. The first-order valence-electron chi connectivity index (χ1n) is 8.82. The van der Waals surface area contributed by atoms with Crippen LogP contribution in [-0.4, -0.2) is 21.9 Å². The van der Waals surface area contributed by atoms with E-state index in [2.05, 4.69) is 5.32 Å². The molecule has 0 aliphatic rings. The van der Waals surface area contributed by atoms with E-state index >= 15 is 0 Å². The average molecular weight is 365 g/mol. The fourth-order valence-electron chi connectivity index (χ4n) is 3.01. The van der Waals surface area contributed by atoms with Crippen LogP contribution in [0.15, 0.2) is 53.3 Å². The Morgan fingerprint density at radius 2 is 1.81 bits per heavy atom. The summed E-state index contributed by atoms with van der Waals surface area (Å²) in [4.78, 5) is 25.6. The molecule has 0 radical (unpaired) electrons. The van der Waals surface area contributed by atoms with Gasteiger partial charge in [-0.15, -0.1) is 0 Å². The fourth-order valence-corrected chi connectivity index (χ4v) is 3.01. The molecule has 6 nitrogen and oxygen atoms in total. The van der Waals surface area contributed by atoms with Crippen molar-refractivity contribution in [3.63, 3.8) is 0 Å². The zero-order chi connectivity index (χ0) is 19.6. The lowest BCUT2D eigenvalue weighted by Gasteiger charge is -2.09. The number of nitrogens with one attached hydrogen (secondary N) is 1. The molecule has 3 rings (SSSR count). The molecule has 1 amide bonds. The number of nitrogens with zero attached hydrogens (tertiary/aromatic N) is 2. The van der Waals surface area contributed by atoms with Gasteiger partial charge in [0, 0.05) is 12.6 Å². The molecule has 27 heavy (non-hydrogen) atoms. The first-order chi connectivity index (χ1) is 12.9. The van der Waals surface area contributed by atoms with E-state index in [1.54, 1.807) is 36.9 Å². The van der Waals surface area contributed by atoms with Crippen LogP contribution in [0.4, 0.5) is 5.69 Å². The highest BCUT2D eigenvalue weighted by Gasteiger charge is 2.19. The van der Waals surface area contributed by atoms with Crippen LogP contribution in [-0.2, 0) is 7.05 Å². The summed E-state index contributed by atoms with van der Waals surface area (Å²) >= 11 is 0. The maximum atomic E-state index is 12.9. The molecule has 0 fully saturated rings. The molecule has 0 saturated heterocycles. The molecule has 0 bridgehead atoms. The van der Waals surface area contributed by atoms with Crippen LogP contribution >= 0.6 is 0 Å². The molecule has 1 heterocycles. The Kier molecular flexibility index (Phi) is 5.16. The largest absolute Gasteiger partial charge is 0.494 e. The molecule has 3 aromatic rings. The lowest BCUT2D eigenvalue weighted by molar-refractivity contribution is 0.102. The smallest absolute Gasteiger partial charge is 0.295 e. The molecule has 0 spiro atoms. The van der Waals surface area contributed by atoms with Crippen LogP contribution in [0, 0.1) is 13.8 Å². The van der Waals surface area contributed by atoms with Gasteiger partial charge in [-0.25, -0.2) is 4.68 Å². The van der Waals surface area contributed by atoms with Gasteiger partial charge < -0.3 is 10.1 Å². The maximum Gasteiger partial charge on any atom is 0.295 e. The lowest BCUT2D eigenvalue weighted by atomic mass is 10.1. The number of anilines is 1. The van der Waals surface area contributed by atoms with Crippen LogP contribution < -0.4 is 15.6 Å². The minimum atomic E-state index is -0.327. The van der Waals surface area contributed by atoms with E-state index in [0.717, 1.165) is 17.0 Å². The first kappa shape index (κ1) is 18.5. The lowest BCUT2D eigenvalue weighted by Crippen LogP contribution is -2.23. The molecule has 2 aromatic carbocycles. The number of carbonyl (C=O) groups is 1. The first-order valence-corrected chi connectivity index (χ1v) is 8.82. The zero-order valence-electron chi connectivity index (χ0n) is 15.9. The standard InChI is InChI=1S/C21H23N3O3/c1-5-27-18-12-11-16(13-14(18)2)20(25)22-19-15(3)23(4)24(21(19)26)17-9-7-6-8-10-17/h6-13H,5H2,1-4H3,(H,22,25). The predicted octanol–water partition coefficient (Wildman–Crippen LogP) is 3.44. The average Bonchev–Trinajstić information content (AvgIpc) is 2.87. The molecule has 1 N–H and O–H groups in total. The summed E-state index contributed by atoms with van der Waals surface area (Å²) in [6, 6.07) is 14.5. The minimum absolute atomic E-state index is 0.266. The fraction of sp³-hybridized carbons (Fsp3) is 0.238. The van der Waals surface area contributed by atoms with Crippen molar-refractivity contribution < 1.29 is 9.53 Å². The number of hydrogen-bond donors (Lipinski definition) is 1. The van der Waals surface area contributed by atoms with Crippen molar-refractivity contribution in [3.8, 4) is 11.4 Å². The van der Waals surface area contributed by atoms with Crippen molar-refractivity contribution in [1.82, 2.24) is 9.36 Å².